The average molecular weight is 263 g/mol. The Morgan fingerprint density at radius 1 is 1.11 bits per heavy atom. The van der Waals surface area contributed by atoms with Crippen LogP contribution in [0.15, 0.2) is 18.2 Å². The van der Waals surface area contributed by atoms with Crippen molar-refractivity contribution in [2.45, 2.75) is 66.2 Å². The molecule has 2 heteroatoms. The predicted molar refractivity (Wildman–Crippen MR) is 82.4 cm³/mol. The first-order chi connectivity index (χ1) is 8.86. The Balaban J connectivity index is 2.92. The second kappa shape index (κ2) is 7.06. The summed E-state index contributed by atoms with van der Waals surface area (Å²) < 4.78 is 0. The monoisotopic (exact) mass is 263 g/mol. The molecule has 0 bridgehead atoms. The van der Waals surface area contributed by atoms with Gasteiger partial charge < -0.3 is 10.4 Å². The van der Waals surface area contributed by atoms with Crippen molar-refractivity contribution in [3.05, 3.63) is 34.9 Å². The molecule has 0 heterocycles. The van der Waals surface area contributed by atoms with Gasteiger partial charge >= 0.3 is 0 Å². The molecule has 0 amide bonds. The summed E-state index contributed by atoms with van der Waals surface area (Å²) in [7, 11) is 0. The van der Waals surface area contributed by atoms with Gasteiger partial charge in [-0.2, -0.15) is 0 Å². The van der Waals surface area contributed by atoms with Crippen molar-refractivity contribution in [1.82, 2.24) is 5.32 Å². The molecule has 3 atom stereocenters. The molecule has 0 aliphatic carbocycles. The molecule has 1 aromatic carbocycles. The number of aliphatic hydroxyl groups excluding tert-OH is 1. The molecule has 0 saturated heterocycles. The third-order valence-electron chi connectivity index (χ3n) is 4.02. The van der Waals surface area contributed by atoms with Crippen LogP contribution in [0.5, 0.6) is 0 Å². The van der Waals surface area contributed by atoms with Crippen LogP contribution in [0.3, 0.4) is 0 Å². The average Bonchev–Trinajstić information content (AvgIpc) is 2.37. The highest BCUT2D eigenvalue weighted by Crippen LogP contribution is 2.24. The summed E-state index contributed by atoms with van der Waals surface area (Å²) in [5, 5.41) is 14.2. The van der Waals surface area contributed by atoms with E-state index in [0.717, 1.165) is 12.0 Å². The topological polar surface area (TPSA) is 32.3 Å². The van der Waals surface area contributed by atoms with Gasteiger partial charge in [0.15, 0.2) is 0 Å². The van der Waals surface area contributed by atoms with Crippen LogP contribution >= 0.6 is 0 Å². The smallest absolute Gasteiger partial charge is 0.0945 e. The van der Waals surface area contributed by atoms with Gasteiger partial charge in [-0.15, -0.1) is 0 Å². The van der Waals surface area contributed by atoms with Crippen LogP contribution in [0, 0.1) is 19.8 Å². The minimum Gasteiger partial charge on any atom is -0.387 e. The third kappa shape index (κ3) is 4.32. The summed E-state index contributed by atoms with van der Waals surface area (Å²) in [6.45, 7) is 12.8. The van der Waals surface area contributed by atoms with E-state index < -0.39 is 6.10 Å². The normalized spacial score (nSPS) is 16.4. The minimum atomic E-state index is -0.451. The van der Waals surface area contributed by atoms with E-state index in [9.17, 15) is 5.11 Å². The fourth-order valence-corrected chi connectivity index (χ4v) is 2.25. The summed E-state index contributed by atoms with van der Waals surface area (Å²) in [6.07, 6.45) is 0.622. The van der Waals surface area contributed by atoms with Crippen LogP contribution in [0.4, 0.5) is 0 Å². The molecule has 1 rings (SSSR count). The van der Waals surface area contributed by atoms with Gasteiger partial charge in [-0.3, -0.25) is 0 Å². The van der Waals surface area contributed by atoms with Gasteiger partial charge in [0.2, 0.25) is 0 Å². The Kier molecular flexibility index (Phi) is 6.02. The Bertz CT molecular complexity index is 400. The first-order valence-corrected chi connectivity index (χ1v) is 7.38. The van der Waals surface area contributed by atoms with E-state index in [0.29, 0.717) is 12.0 Å². The van der Waals surface area contributed by atoms with Gasteiger partial charge in [0.05, 0.1) is 6.10 Å². The molecule has 0 aliphatic heterocycles. The number of aliphatic hydroxyl groups is 1. The number of benzene rings is 1. The maximum absolute atomic E-state index is 10.6. The number of nitrogens with one attached hydrogen (secondary N) is 1. The van der Waals surface area contributed by atoms with E-state index in [2.05, 4.69) is 59.0 Å². The molecule has 0 aliphatic rings. The molecule has 0 aromatic heterocycles. The highest BCUT2D eigenvalue weighted by atomic mass is 16.3. The fraction of sp³-hybridized carbons (Fsp3) is 0.647. The molecule has 0 radical (unpaired) electrons. The lowest BCUT2D eigenvalue weighted by molar-refractivity contribution is 0.0985. The van der Waals surface area contributed by atoms with E-state index in [1.165, 1.54) is 11.1 Å². The first-order valence-electron chi connectivity index (χ1n) is 7.38. The largest absolute Gasteiger partial charge is 0.387 e. The molecule has 0 fully saturated rings. The number of aryl methyl sites for hydroxylation is 2. The molecular formula is C17H29NO. The molecule has 3 unspecified atom stereocenters. The van der Waals surface area contributed by atoms with Crippen molar-refractivity contribution in [3.8, 4) is 0 Å². The summed E-state index contributed by atoms with van der Waals surface area (Å²) in [5.74, 6) is 0.394. The SMILES string of the molecule is CCC(C)NC(C(C)C)C(O)c1ccc(C)c(C)c1. The molecule has 0 spiro atoms. The van der Waals surface area contributed by atoms with Gasteiger partial charge in [-0.1, -0.05) is 39.0 Å². The van der Waals surface area contributed by atoms with Gasteiger partial charge in [0.1, 0.15) is 0 Å². The standard InChI is InChI=1S/C17H29NO/c1-7-14(6)18-16(11(2)3)17(19)15-9-8-12(4)13(5)10-15/h8-11,14,16-19H,7H2,1-6H3. The Labute approximate surface area is 118 Å². The van der Waals surface area contributed by atoms with E-state index in [1.54, 1.807) is 0 Å². The number of hydrogen-bond donors (Lipinski definition) is 2. The maximum Gasteiger partial charge on any atom is 0.0945 e. The Hall–Kier alpha value is -0.860. The summed E-state index contributed by atoms with van der Waals surface area (Å²) >= 11 is 0. The van der Waals surface area contributed by atoms with Crippen molar-refractivity contribution in [2.24, 2.45) is 5.92 Å². The Morgan fingerprint density at radius 2 is 1.74 bits per heavy atom. The second-order valence-electron chi connectivity index (χ2n) is 6.03. The van der Waals surface area contributed by atoms with Crippen LogP contribution in [-0.2, 0) is 0 Å². The van der Waals surface area contributed by atoms with Gasteiger partial charge in [-0.05, 0) is 49.8 Å². The zero-order valence-corrected chi connectivity index (χ0v) is 13.2. The van der Waals surface area contributed by atoms with Crippen molar-refractivity contribution in [1.29, 1.82) is 0 Å². The van der Waals surface area contributed by atoms with Crippen LogP contribution in [0.1, 0.15) is 56.9 Å². The summed E-state index contributed by atoms with van der Waals surface area (Å²) in [6, 6.07) is 6.76. The maximum atomic E-state index is 10.6. The molecule has 1 aromatic rings. The van der Waals surface area contributed by atoms with Crippen LogP contribution < -0.4 is 5.32 Å². The van der Waals surface area contributed by atoms with E-state index in [4.69, 9.17) is 0 Å². The van der Waals surface area contributed by atoms with Crippen molar-refractivity contribution >= 4 is 0 Å². The van der Waals surface area contributed by atoms with Gasteiger partial charge in [0.25, 0.3) is 0 Å². The third-order valence-corrected chi connectivity index (χ3v) is 4.02. The highest BCUT2D eigenvalue weighted by molar-refractivity contribution is 5.31. The van der Waals surface area contributed by atoms with Crippen molar-refractivity contribution in [3.63, 3.8) is 0 Å². The lowest BCUT2D eigenvalue weighted by Gasteiger charge is -2.31. The zero-order chi connectivity index (χ0) is 14.6. The van der Waals surface area contributed by atoms with E-state index in [-0.39, 0.29) is 6.04 Å². The quantitative estimate of drug-likeness (QED) is 0.819. The van der Waals surface area contributed by atoms with Crippen LogP contribution in [-0.4, -0.2) is 17.2 Å². The second-order valence-corrected chi connectivity index (χ2v) is 6.03. The van der Waals surface area contributed by atoms with E-state index in [1.807, 2.05) is 6.07 Å². The lowest BCUT2D eigenvalue weighted by Crippen LogP contribution is -2.43. The van der Waals surface area contributed by atoms with Crippen molar-refractivity contribution in [2.75, 3.05) is 0 Å². The van der Waals surface area contributed by atoms with Gasteiger partial charge in [-0.25, -0.2) is 0 Å². The lowest BCUT2D eigenvalue weighted by atomic mass is 9.91. The summed E-state index contributed by atoms with van der Waals surface area (Å²) in [4.78, 5) is 0. The Morgan fingerprint density at radius 3 is 2.21 bits per heavy atom. The van der Waals surface area contributed by atoms with Crippen molar-refractivity contribution < 1.29 is 5.11 Å². The number of hydrogen-bond acceptors (Lipinski definition) is 2. The zero-order valence-electron chi connectivity index (χ0n) is 13.2. The molecule has 108 valence electrons. The number of rotatable bonds is 6. The summed E-state index contributed by atoms with van der Waals surface area (Å²) in [5.41, 5.74) is 3.52. The van der Waals surface area contributed by atoms with E-state index >= 15 is 0 Å². The van der Waals surface area contributed by atoms with Crippen LogP contribution in [0.25, 0.3) is 0 Å². The van der Waals surface area contributed by atoms with Crippen LogP contribution in [0.2, 0.25) is 0 Å². The molecule has 2 nitrogen and oxygen atoms in total. The molecular weight excluding hydrogens is 234 g/mol. The molecule has 2 N–H and O–H groups in total. The highest BCUT2D eigenvalue weighted by Gasteiger charge is 2.25. The first kappa shape index (κ1) is 16.2. The fourth-order valence-electron chi connectivity index (χ4n) is 2.25. The molecule has 19 heavy (non-hydrogen) atoms. The minimum absolute atomic E-state index is 0.0945. The van der Waals surface area contributed by atoms with Gasteiger partial charge in [0, 0.05) is 12.1 Å². The molecule has 0 saturated carbocycles. The predicted octanol–water partition coefficient (Wildman–Crippen LogP) is 3.75.